The van der Waals surface area contributed by atoms with Gasteiger partial charge < -0.3 is 20.8 Å². The van der Waals surface area contributed by atoms with Gasteiger partial charge in [0.1, 0.15) is 11.4 Å². The molecule has 174 valence electrons. The monoisotopic (exact) mass is 461 g/mol. The van der Waals surface area contributed by atoms with Crippen LogP contribution in [0.25, 0.3) is 11.1 Å². The highest BCUT2D eigenvalue weighted by atomic mass is 19.4. The third-order valence-corrected chi connectivity index (χ3v) is 4.72. The first-order valence-electron chi connectivity index (χ1n) is 9.82. The highest BCUT2D eigenvalue weighted by molar-refractivity contribution is 5.93. The number of aromatic nitrogens is 3. The van der Waals surface area contributed by atoms with Gasteiger partial charge in [-0.1, -0.05) is 12.1 Å². The van der Waals surface area contributed by atoms with Crippen LogP contribution in [0.15, 0.2) is 48.8 Å². The van der Waals surface area contributed by atoms with Crippen molar-refractivity contribution in [2.24, 2.45) is 0 Å². The summed E-state index contributed by atoms with van der Waals surface area (Å²) in [5, 5.41) is 23.9. The molecule has 0 fully saturated rings. The lowest BCUT2D eigenvalue weighted by Gasteiger charge is -2.25. The number of aliphatic hydroxyl groups excluding tert-OH is 2. The van der Waals surface area contributed by atoms with Crippen molar-refractivity contribution in [3.05, 3.63) is 65.7 Å². The Morgan fingerprint density at radius 2 is 1.76 bits per heavy atom. The van der Waals surface area contributed by atoms with Crippen molar-refractivity contribution in [1.29, 1.82) is 0 Å². The molecule has 4 N–H and O–H groups in total. The van der Waals surface area contributed by atoms with Gasteiger partial charge >= 0.3 is 6.18 Å². The molecule has 3 rings (SSSR count). The van der Waals surface area contributed by atoms with Crippen LogP contribution in [0.4, 0.5) is 24.8 Å². The summed E-state index contributed by atoms with van der Waals surface area (Å²) in [5.41, 5.74) is 0.535. The zero-order chi connectivity index (χ0) is 24.2. The minimum Gasteiger partial charge on any atom is -0.394 e. The number of aliphatic hydroxyl groups is 2. The average molecular weight is 461 g/mol. The van der Waals surface area contributed by atoms with Gasteiger partial charge in [-0.3, -0.25) is 9.78 Å². The van der Waals surface area contributed by atoms with Gasteiger partial charge in [0.2, 0.25) is 5.95 Å². The SMILES string of the molecule is Cc1cc(Nc2nccc(C(F)(F)F)n2)cc(-c2ccc(C(=O)NC(C)(CO)CO)nc2)c1. The number of nitrogens with one attached hydrogen (secondary N) is 2. The standard InChI is InChI=1S/C22H22F3N5O3/c1-13-7-15(9-16(8-13)28-20-26-6-5-18(29-20)22(23,24)25)14-3-4-17(27-10-14)19(33)30-21(2,11-31)12-32/h3-10,31-32H,11-12H2,1-2H3,(H,30,33)(H,26,28,29). The van der Waals surface area contributed by atoms with E-state index in [1.165, 1.54) is 19.2 Å². The van der Waals surface area contributed by atoms with Gasteiger partial charge in [0.05, 0.1) is 18.8 Å². The second-order valence-electron chi connectivity index (χ2n) is 7.74. The number of carbonyl (C=O) groups is 1. The summed E-state index contributed by atoms with van der Waals surface area (Å²) in [6.45, 7) is 2.43. The maximum Gasteiger partial charge on any atom is 0.433 e. The quantitative estimate of drug-likeness (QED) is 0.427. The Morgan fingerprint density at radius 3 is 2.36 bits per heavy atom. The zero-order valence-corrected chi connectivity index (χ0v) is 17.8. The minimum atomic E-state index is -4.58. The smallest absolute Gasteiger partial charge is 0.394 e. The maximum absolute atomic E-state index is 12.9. The van der Waals surface area contributed by atoms with Crippen molar-refractivity contribution < 1.29 is 28.2 Å². The second kappa shape index (κ2) is 9.51. The number of halogens is 3. The molecule has 0 aliphatic heterocycles. The molecule has 0 bridgehead atoms. The molecule has 1 amide bonds. The van der Waals surface area contributed by atoms with Gasteiger partial charge in [0.15, 0.2) is 0 Å². The number of hydrogen-bond acceptors (Lipinski definition) is 7. The van der Waals surface area contributed by atoms with Crippen LogP contribution < -0.4 is 10.6 Å². The number of rotatable bonds is 7. The molecule has 2 aromatic heterocycles. The molecule has 0 saturated heterocycles. The second-order valence-corrected chi connectivity index (χ2v) is 7.74. The topological polar surface area (TPSA) is 120 Å². The Kier molecular flexibility index (Phi) is 6.94. The lowest BCUT2D eigenvalue weighted by atomic mass is 10.0. The van der Waals surface area contributed by atoms with Crippen molar-refractivity contribution >= 4 is 17.5 Å². The molecule has 3 aromatic rings. The number of anilines is 2. The van der Waals surface area contributed by atoms with E-state index in [-0.39, 0.29) is 11.6 Å². The third-order valence-electron chi connectivity index (χ3n) is 4.72. The predicted octanol–water partition coefficient (Wildman–Crippen LogP) is 3.08. The first kappa shape index (κ1) is 24.1. The predicted molar refractivity (Wildman–Crippen MR) is 115 cm³/mol. The van der Waals surface area contributed by atoms with Crippen LogP contribution >= 0.6 is 0 Å². The maximum atomic E-state index is 12.9. The van der Waals surface area contributed by atoms with Crippen molar-refractivity contribution in [3.63, 3.8) is 0 Å². The van der Waals surface area contributed by atoms with Crippen LogP contribution in [0, 0.1) is 6.92 Å². The van der Waals surface area contributed by atoms with Crippen molar-refractivity contribution in [3.8, 4) is 11.1 Å². The average Bonchev–Trinajstić information content (AvgIpc) is 2.78. The fourth-order valence-corrected chi connectivity index (χ4v) is 2.89. The first-order valence-corrected chi connectivity index (χ1v) is 9.82. The Balaban J connectivity index is 1.82. The number of amides is 1. The molecule has 0 atom stereocenters. The number of aryl methyl sites for hydroxylation is 1. The molecule has 0 unspecified atom stereocenters. The van der Waals surface area contributed by atoms with E-state index in [1.807, 2.05) is 13.0 Å². The summed E-state index contributed by atoms with van der Waals surface area (Å²) in [6.07, 6.45) is -2.08. The van der Waals surface area contributed by atoms with E-state index < -0.39 is 36.5 Å². The summed E-state index contributed by atoms with van der Waals surface area (Å²) in [7, 11) is 0. The largest absolute Gasteiger partial charge is 0.433 e. The highest BCUT2D eigenvalue weighted by Gasteiger charge is 2.32. The summed E-state index contributed by atoms with van der Waals surface area (Å²) in [6, 6.07) is 9.22. The van der Waals surface area contributed by atoms with Crippen LogP contribution in [-0.2, 0) is 6.18 Å². The molecular weight excluding hydrogens is 439 g/mol. The number of nitrogens with zero attached hydrogens (tertiary/aromatic N) is 3. The molecule has 33 heavy (non-hydrogen) atoms. The number of hydrogen-bond donors (Lipinski definition) is 4. The van der Waals surface area contributed by atoms with Gasteiger partial charge in [-0.05, 0) is 49.2 Å². The lowest BCUT2D eigenvalue weighted by Crippen LogP contribution is -2.51. The minimum absolute atomic E-state index is 0.0928. The molecular formula is C22H22F3N5O3. The molecule has 8 nitrogen and oxygen atoms in total. The van der Waals surface area contributed by atoms with Crippen molar-refractivity contribution in [1.82, 2.24) is 20.3 Å². The van der Waals surface area contributed by atoms with Crippen LogP contribution in [0.2, 0.25) is 0 Å². The van der Waals surface area contributed by atoms with Crippen LogP contribution in [-0.4, -0.2) is 49.8 Å². The van der Waals surface area contributed by atoms with Gasteiger partial charge in [-0.25, -0.2) is 9.97 Å². The molecule has 2 heterocycles. The molecule has 0 spiro atoms. The number of pyridine rings is 1. The van der Waals surface area contributed by atoms with Gasteiger partial charge in [-0.2, -0.15) is 13.2 Å². The Bertz CT molecular complexity index is 1130. The van der Waals surface area contributed by atoms with Crippen molar-refractivity contribution in [2.45, 2.75) is 25.6 Å². The zero-order valence-electron chi connectivity index (χ0n) is 17.8. The number of alkyl halides is 3. The molecule has 1 aromatic carbocycles. The van der Waals surface area contributed by atoms with Crippen LogP contribution in [0.3, 0.4) is 0 Å². The highest BCUT2D eigenvalue weighted by Crippen LogP contribution is 2.29. The van der Waals surface area contributed by atoms with E-state index in [0.717, 1.165) is 17.8 Å². The molecule has 0 aliphatic rings. The fourth-order valence-electron chi connectivity index (χ4n) is 2.89. The number of benzene rings is 1. The fraction of sp³-hybridized carbons (Fsp3) is 0.273. The normalized spacial score (nSPS) is 11.8. The molecule has 0 aliphatic carbocycles. The summed E-state index contributed by atoms with van der Waals surface area (Å²) in [5.74, 6) is -0.747. The van der Waals surface area contributed by atoms with Crippen LogP contribution in [0.5, 0.6) is 0 Å². The van der Waals surface area contributed by atoms with Gasteiger partial charge in [0, 0.05) is 23.6 Å². The van der Waals surface area contributed by atoms with Gasteiger partial charge in [-0.15, -0.1) is 0 Å². The number of carbonyl (C=O) groups excluding carboxylic acids is 1. The Morgan fingerprint density at radius 1 is 1.03 bits per heavy atom. The molecule has 11 heteroatoms. The third kappa shape index (κ3) is 6.02. The van der Waals surface area contributed by atoms with Crippen molar-refractivity contribution in [2.75, 3.05) is 18.5 Å². The van der Waals surface area contributed by atoms with E-state index in [9.17, 15) is 28.2 Å². The van der Waals surface area contributed by atoms with E-state index >= 15 is 0 Å². The summed E-state index contributed by atoms with van der Waals surface area (Å²) < 4.78 is 38.7. The van der Waals surface area contributed by atoms with E-state index in [1.54, 1.807) is 18.2 Å². The lowest BCUT2D eigenvalue weighted by molar-refractivity contribution is -0.141. The summed E-state index contributed by atoms with van der Waals surface area (Å²) in [4.78, 5) is 23.8. The van der Waals surface area contributed by atoms with E-state index in [0.29, 0.717) is 16.8 Å². The van der Waals surface area contributed by atoms with Crippen LogP contribution in [0.1, 0.15) is 28.7 Å². The van der Waals surface area contributed by atoms with E-state index in [2.05, 4.69) is 25.6 Å². The van der Waals surface area contributed by atoms with Gasteiger partial charge in [0.25, 0.3) is 5.91 Å². The first-order chi connectivity index (χ1) is 15.5. The summed E-state index contributed by atoms with van der Waals surface area (Å²) >= 11 is 0. The Hall–Kier alpha value is -3.57. The van der Waals surface area contributed by atoms with E-state index in [4.69, 9.17) is 0 Å². The molecule has 0 radical (unpaired) electrons. The molecule has 0 saturated carbocycles. The Labute approximate surface area is 187 Å².